The van der Waals surface area contributed by atoms with Gasteiger partial charge in [-0.2, -0.15) is 0 Å². The first kappa shape index (κ1) is 10.7. The van der Waals surface area contributed by atoms with Crippen LogP contribution >= 0.6 is 27.5 Å². The minimum absolute atomic E-state index is 0.166. The molecule has 0 amide bonds. The number of hydrogen-bond acceptors (Lipinski definition) is 2. The molecule has 0 aliphatic carbocycles. The van der Waals surface area contributed by atoms with E-state index in [9.17, 15) is 8.78 Å². The van der Waals surface area contributed by atoms with Crippen LogP contribution in [0.3, 0.4) is 0 Å². The summed E-state index contributed by atoms with van der Waals surface area (Å²) in [5.41, 5.74) is -0.353. The van der Waals surface area contributed by atoms with Crippen molar-refractivity contribution in [2.75, 3.05) is 0 Å². The van der Waals surface area contributed by atoms with Crippen LogP contribution in [0.15, 0.2) is 6.07 Å². The molecule has 0 aliphatic heterocycles. The molecule has 0 fully saturated rings. The fourth-order valence-electron chi connectivity index (χ4n) is 0.788. The summed E-state index contributed by atoms with van der Waals surface area (Å²) in [6, 6.07) is 1.06. The van der Waals surface area contributed by atoms with Gasteiger partial charge in [0.2, 0.25) is 0 Å². The number of halogens is 4. The summed E-state index contributed by atoms with van der Waals surface area (Å²) in [5.74, 6) is -0.579. The first-order chi connectivity index (χ1) is 6.06. The SMILES string of the molecule is Oc1cc(Cl)c(CBr)nc1C(F)F. The molecule has 72 valence electrons. The lowest BCUT2D eigenvalue weighted by Gasteiger charge is -2.05. The first-order valence-corrected chi connectivity index (χ1v) is 4.78. The lowest BCUT2D eigenvalue weighted by atomic mass is 10.3. The molecule has 13 heavy (non-hydrogen) atoms. The third kappa shape index (κ3) is 2.28. The van der Waals surface area contributed by atoms with E-state index in [0.29, 0.717) is 0 Å². The van der Waals surface area contributed by atoms with Gasteiger partial charge in [0, 0.05) is 11.4 Å². The Morgan fingerprint density at radius 3 is 2.69 bits per heavy atom. The van der Waals surface area contributed by atoms with Crippen molar-refractivity contribution in [2.45, 2.75) is 11.8 Å². The second kappa shape index (κ2) is 4.19. The molecule has 1 heterocycles. The van der Waals surface area contributed by atoms with Gasteiger partial charge in [0.15, 0.2) is 0 Å². The van der Waals surface area contributed by atoms with Crippen molar-refractivity contribution in [1.82, 2.24) is 4.98 Å². The third-order valence-corrected chi connectivity index (χ3v) is 2.25. The molecule has 0 radical (unpaired) electrons. The highest BCUT2D eigenvalue weighted by Crippen LogP contribution is 2.30. The van der Waals surface area contributed by atoms with Gasteiger partial charge in [0.05, 0.1) is 10.7 Å². The molecule has 0 aromatic carbocycles. The summed E-state index contributed by atoms with van der Waals surface area (Å²) < 4.78 is 24.4. The van der Waals surface area contributed by atoms with Gasteiger partial charge in [-0.1, -0.05) is 27.5 Å². The van der Waals surface area contributed by atoms with Crippen LogP contribution < -0.4 is 0 Å². The Balaban J connectivity index is 3.22. The lowest BCUT2D eigenvalue weighted by Crippen LogP contribution is -1.95. The number of aromatic hydroxyl groups is 1. The van der Waals surface area contributed by atoms with Crippen molar-refractivity contribution >= 4 is 27.5 Å². The number of rotatable bonds is 2. The maximum atomic E-state index is 12.2. The molecular formula is C7H5BrClF2NO. The smallest absolute Gasteiger partial charge is 0.284 e. The average molecular weight is 272 g/mol. The number of pyridine rings is 1. The molecule has 0 atom stereocenters. The second-order valence-corrected chi connectivity index (χ2v) is 3.22. The van der Waals surface area contributed by atoms with Crippen LogP contribution in [0.4, 0.5) is 8.78 Å². The number of hydrogen-bond donors (Lipinski definition) is 1. The van der Waals surface area contributed by atoms with Crippen LogP contribution in [0.5, 0.6) is 5.75 Å². The average Bonchev–Trinajstić information content (AvgIpc) is 2.03. The van der Waals surface area contributed by atoms with Crippen molar-refractivity contribution in [3.05, 3.63) is 22.5 Å². The molecule has 0 aliphatic rings. The molecule has 0 saturated carbocycles. The number of nitrogens with zero attached hydrogens (tertiary/aromatic N) is 1. The van der Waals surface area contributed by atoms with E-state index < -0.39 is 17.9 Å². The Bertz CT molecular complexity index is 322. The van der Waals surface area contributed by atoms with Crippen LogP contribution in [0.25, 0.3) is 0 Å². The summed E-state index contributed by atoms with van der Waals surface area (Å²) in [6.45, 7) is 0. The fraction of sp³-hybridized carbons (Fsp3) is 0.286. The van der Waals surface area contributed by atoms with E-state index in [-0.39, 0.29) is 16.0 Å². The standard InChI is InChI=1S/C7H5BrClF2NO/c8-2-4-3(9)1-5(13)6(12-4)7(10)11/h1,7,13H,2H2. The largest absolute Gasteiger partial charge is 0.506 e. The van der Waals surface area contributed by atoms with Gasteiger partial charge in [0.1, 0.15) is 11.4 Å². The summed E-state index contributed by atoms with van der Waals surface area (Å²) in [4.78, 5) is 3.51. The van der Waals surface area contributed by atoms with Crippen LogP contribution in [-0.2, 0) is 5.33 Å². The first-order valence-electron chi connectivity index (χ1n) is 3.28. The quantitative estimate of drug-likeness (QED) is 0.838. The monoisotopic (exact) mass is 271 g/mol. The number of alkyl halides is 3. The van der Waals surface area contributed by atoms with Crippen LogP contribution in [0.2, 0.25) is 5.02 Å². The zero-order chi connectivity index (χ0) is 10.0. The highest BCUT2D eigenvalue weighted by atomic mass is 79.9. The summed E-state index contributed by atoms with van der Waals surface area (Å²) in [6.07, 6.45) is -2.80. The molecule has 1 aromatic heterocycles. The maximum Gasteiger partial charge on any atom is 0.284 e. The van der Waals surface area contributed by atoms with E-state index in [2.05, 4.69) is 20.9 Å². The molecule has 1 rings (SSSR count). The zero-order valence-corrected chi connectivity index (χ0v) is 8.61. The van der Waals surface area contributed by atoms with Gasteiger partial charge < -0.3 is 5.11 Å². The Kier molecular flexibility index (Phi) is 3.44. The molecule has 2 nitrogen and oxygen atoms in total. The van der Waals surface area contributed by atoms with Gasteiger partial charge >= 0.3 is 0 Å². The van der Waals surface area contributed by atoms with Crippen molar-refractivity contribution in [2.24, 2.45) is 0 Å². The predicted molar refractivity (Wildman–Crippen MR) is 48.5 cm³/mol. The summed E-state index contributed by atoms with van der Waals surface area (Å²) in [5, 5.41) is 9.47. The van der Waals surface area contributed by atoms with Gasteiger partial charge in [-0.25, -0.2) is 13.8 Å². The van der Waals surface area contributed by atoms with E-state index in [1.165, 1.54) is 0 Å². The van der Waals surface area contributed by atoms with E-state index in [1.807, 2.05) is 0 Å². The molecule has 1 aromatic rings. The Morgan fingerprint density at radius 2 is 2.23 bits per heavy atom. The van der Waals surface area contributed by atoms with Gasteiger partial charge in [-0.3, -0.25) is 0 Å². The normalized spacial score (nSPS) is 10.8. The minimum Gasteiger partial charge on any atom is -0.506 e. The van der Waals surface area contributed by atoms with E-state index in [1.54, 1.807) is 0 Å². The fourth-order valence-corrected chi connectivity index (χ4v) is 1.59. The van der Waals surface area contributed by atoms with Crippen LogP contribution in [-0.4, -0.2) is 10.1 Å². The Labute approximate surface area is 86.7 Å². The minimum atomic E-state index is -2.80. The van der Waals surface area contributed by atoms with Crippen molar-refractivity contribution in [1.29, 1.82) is 0 Å². The van der Waals surface area contributed by atoms with Gasteiger partial charge in [-0.05, 0) is 0 Å². The zero-order valence-electron chi connectivity index (χ0n) is 6.27. The molecule has 0 saturated heterocycles. The Morgan fingerprint density at radius 1 is 1.62 bits per heavy atom. The predicted octanol–water partition coefficient (Wildman–Crippen LogP) is 3.27. The van der Waals surface area contributed by atoms with E-state index in [0.717, 1.165) is 6.07 Å². The van der Waals surface area contributed by atoms with Crippen LogP contribution in [0.1, 0.15) is 17.8 Å². The molecule has 0 bridgehead atoms. The molecule has 0 unspecified atom stereocenters. The van der Waals surface area contributed by atoms with E-state index >= 15 is 0 Å². The van der Waals surface area contributed by atoms with Gasteiger partial charge in [-0.15, -0.1) is 0 Å². The molecular weight excluding hydrogens is 267 g/mol. The van der Waals surface area contributed by atoms with Crippen molar-refractivity contribution in [3.63, 3.8) is 0 Å². The Hall–Kier alpha value is -0.420. The lowest BCUT2D eigenvalue weighted by molar-refractivity contribution is 0.141. The third-order valence-electron chi connectivity index (χ3n) is 1.39. The number of aromatic nitrogens is 1. The topological polar surface area (TPSA) is 33.1 Å². The molecule has 1 N–H and O–H groups in total. The van der Waals surface area contributed by atoms with E-state index in [4.69, 9.17) is 16.7 Å². The molecule has 0 spiro atoms. The molecule has 6 heteroatoms. The highest BCUT2D eigenvalue weighted by Gasteiger charge is 2.17. The second-order valence-electron chi connectivity index (χ2n) is 2.26. The van der Waals surface area contributed by atoms with Crippen molar-refractivity contribution in [3.8, 4) is 5.75 Å². The van der Waals surface area contributed by atoms with Crippen molar-refractivity contribution < 1.29 is 13.9 Å². The summed E-state index contributed by atoms with van der Waals surface area (Å²) >= 11 is 8.65. The highest BCUT2D eigenvalue weighted by molar-refractivity contribution is 9.08. The van der Waals surface area contributed by atoms with Crippen LogP contribution in [0, 0.1) is 0 Å². The summed E-state index contributed by atoms with van der Waals surface area (Å²) in [7, 11) is 0. The van der Waals surface area contributed by atoms with Gasteiger partial charge in [0.25, 0.3) is 6.43 Å². The maximum absolute atomic E-state index is 12.2.